The maximum Gasteiger partial charge on any atom is 0.120 e. The van der Waals surface area contributed by atoms with Crippen molar-refractivity contribution in [2.75, 3.05) is 0 Å². The van der Waals surface area contributed by atoms with Gasteiger partial charge in [-0.25, -0.2) is 4.98 Å². The lowest BCUT2D eigenvalue weighted by Gasteiger charge is -1.98. The number of nitrogens with one attached hydrogen (secondary N) is 2. The van der Waals surface area contributed by atoms with Gasteiger partial charge in [0.1, 0.15) is 5.82 Å². The van der Waals surface area contributed by atoms with Gasteiger partial charge in [-0.2, -0.15) is 0 Å². The van der Waals surface area contributed by atoms with E-state index < -0.39 is 0 Å². The molecule has 0 radical (unpaired) electrons. The van der Waals surface area contributed by atoms with E-state index in [9.17, 15) is 0 Å². The summed E-state index contributed by atoms with van der Waals surface area (Å²) in [5.41, 5.74) is 0. The van der Waals surface area contributed by atoms with Crippen molar-refractivity contribution in [3.05, 3.63) is 18.2 Å². The maximum absolute atomic E-state index is 4.12. The Morgan fingerprint density at radius 2 is 2.64 bits per heavy atom. The van der Waals surface area contributed by atoms with Crippen LogP contribution in [0, 0.1) is 5.92 Å². The summed E-state index contributed by atoms with van der Waals surface area (Å²) in [6.45, 7) is 3.14. The van der Waals surface area contributed by atoms with Crippen LogP contribution in [0.1, 0.15) is 19.2 Å². The zero-order chi connectivity index (χ0) is 7.68. The summed E-state index contributed by atoms with van der Waals surface area (Å²) in [4.78, 5) is 7.18. The van der Waals surface area contributed by atoms with Gasteiger partial charge in [0.05, 0.1) is 6.54 Å². The van der Waals surface area contributed by atoms with Crippen molar-refractivity contribution in [2.24, 2.45) is 5.92 Å². The molecule has 1 saturated carbocycles. The highest BCUT2D eigenvalue weighted by Gasteiger charge is 2.31. The summed E-state index contributed by atoms with van der Waals surface area (Å²) in [5.74, 6) is 1.90. The zero-order valence-electron chi connectivity index (χ0n) is 6.67. The third kappa shape index (κ3) is 1.60. The van der Waals surface area contributed by atoms with E-state index in [1.165, 1.54) is 6.42 Å². The van der Waals surface area contributed by atoms with Crippen molar-refractivity contribution in [3.63, 3.8) is 0 Å². The predicted octanol–water partition coefficient (Wildman–Crippen LogP) is 0.908. The van der Waals surface area contributed by atoms with Crippen LogP contribution in [-0.4, -0.2) is 16.0 Å². The average molecular weight is 151 g/mol. The third-order valence-corrected chi connectivity index (χ3v) is 2.20. The number of aromatic nitrogens is 2. The van der Waals surface area contributed by atoms with Crippen LogP contribution in [0.3, 0.4) is 0 Å². The van der Waals surface area contributed by atoms with Crippen molar-refractivity contribution >= 4 is 0 Å². The molecule has 0 aromatic carbocycles. The topological polar surface area (TPSA) is 40.7 Å². The Morgan fingerprint density at radius 1 is 1.82 bits per heavy atom. The number of aromatic amines is 1. The van der Waals surface area contributed by atoms with Gasteiger partial charge in [0.25, 0.3) is 0 Å². The molecule has 0 saturated heterocycles. The Balaban J connectivity index is 1.75. The molecule has 0 aliphatic heterocycles. The summed E-state index contributed by atoms with van der Waals surface area (Å²) in [7, 11) is 0. The normalized spacial score (nSPS) is 28.8. The van der Waals surface area contributed by atoms with E-state index in [-0.39, 0.29) is 0 Å². The number of imidazole rings is 1. The minimum atomic E-state index is 0.736. The Hall–Kier alpha value is -0.830. The Labute approximate surface area is 66.2 Å². The molecule has 1 aliphatic rings. The lowest BCUT2D eigenvalue weighted by atomic mass is 10.4. The third-order valence-electron chi connectivity index (χ3n) is 2.20. The molecule has 0 bridgehead atoms. The van der Waals surface area contributed by atoms with E-state index in [0.29, 0.717) is 0 Å². The van der Waals surface area contributed by atoms with Crippen molar-refractivity contribution < 1.29 is 0 Å². The van der Waals surface area contributed by atoms with Gasteiger partial charge in [-0.1, -0.05) is 6.92 Å². The average Bonchev–Trinajstić information content (AvgIpc) is 2.55. The molecule has 1 aliphatic carbocycles. The molecule has 3 heteroatoms. The first-order valence-electron chi connectivity index (χ1n) is 4.08. The van der Waals surface area contributed by atoms with Crippen LogP contribution in [0.4, 0.5) is 0 Å². The van der Waals surface area contributed by atoms with Crippen LogP contribution in [-0.2, 0) is 6.54 Å². The van der Waals surface area contributed by atoms with Gasteiger partial charge in [0, 0.05) is 18.4 Å². The van der Waals surface area contributed by atoms with Crippen molar-refractivity contribution in [1.29, 1.82) is 0 Å². The molecule has 2 N–H and O–H groups in total. The van der Waals surface area contributed by atoms with E-state index in [1.54, 1.807) is 6.20 Å². The smallest absolute Gasteiger partial charge is 0.120 e. The molecule has 2 rings (SSSR count). The van der Waals surface area contributed by atoms with Crippen molar-refractivity contribution in [3.8, 4) is 0 Å². The summed E-state index contributed by atoms with van der Waals surface area (Å²) >= 11 is 0. The minimum Gasteiger partial charge on any atom is -0.348 e. The van der Waals surface area contributed by atoms with Crippen LogP contribution >= 0.6 is 0 Å². The number of hydrogen-bond acceptors (Lipinski definition) is 2. The first-order chi connectivity index (χ1) is 5.36. The maximum atomic E-state index is 4.12. The molecule has 0 amide bonds. The van der Waals surface area contributed by atoms with Crippen LogP contribution in [0.15, 0.2) is 12.4 Å². The van der Waals surface area contributed by atoms with Gasteiger partial charge in [-0.3, -0.25) is 0 Å². The lowest BCUT2D eigenvalue weighted by Crippen LogP contribution is -2.17. The Kier molecular flexibility index (Phi) is 1.66. The highest BCUT2D eigenvalue weighted by atomic mass is 15.0. The summed E-state index contributed by atoms with van der Waals surface area (Å²) in [6.07, 6.45) is 4.96. The fourth-order valence-electron chi connectivity index (χ4n) is 1.23. The van der Waals surface area contributed by atoms with E-state index >= 15 is 0 Å². The molecule has 2 unspecified atom stereocenters. The molecule has 1 aromatic heterocycles. The second kappa shape index (κ2) is 2.66. The van der Waals surface area contributed by atoms with E-state index in [2.05, 4.69) is 22.2 Å². The first kappa shape index (κ1) is 6.85. The summed E-state index contributed by atoms with van der Waals surface area (Å²) in [6, 6.07) is 0.736. The highest BCUT2D eigenvalue weighted by Crippen LogP contribution is 2.28. The minimum absolute atomic E-state index is 0.736. The Morgan fingerprint density at radius 3 is 3.18 bits per heavy atom. The largest absolute Gasteiger partial charge is 0.348 e. The second-order valence-corrected chi connectivity index (χ2v) is 3.24. The predicted molar refractivity (Wildman–Crippen MR) is 43.0 cm³/mol. The lowest BCUT2D eigenvalue weighted by molar-refractivity contribution is 0.634. The fourth-order valence-corrected chi connectivity index (χ4v) is 1.23. The standard InChI is InChI=1S/C8H13N3/c1-6-4-7(6)11-5-8-9-2-3-10-8/h2-3,6-7,11H,4-5H2,1H3,(H,9,10). The van der Waals surface area contributed by atoms with Crippen LogP contribution < -0.4 is 5.32 Å². The molecule has 11 heavy (non-hydrogen) atoms. The number of nitrogens with zero attached hydrogens (tertiary/aromatic N) is 1. The molecule has 60 valence electrons. The number of rotatable bonds is 3. The molecular formula is C8H13N3. The van der Waals surface area contributed by atoms with Crippen LogP contribution in [0.5, 0.6) is 0 Å². The molecular weight excluding hydrogens is 138 g/mol. The monoisotopic (exact) mass is 151 g/mol. The fraction of sp³-hybridized carbons (Fsp3) is 0.625. The molecule has 1 fully saturated rings. The van der Waals surface area contributed by atoms with Gasteiger partial charge in [-0.15, -0.1) is 0 Å². The van der Waals surface area contributed by atoms with Gasteiger partial charge >= 0.3 is 0 Å². The van der Waals surface area contributed by atoms with E-state index in [4.69, 9.17) is 0 Å². The van der Waals surface area contributed by atoms with E-state index in [0.717, 1.165) is 24.3 Å². The second-order valence-electron chi connectivity index (χ2n) is 3.24. The molecule has 3 nitrogen and oxygen atoms in total. The number of hydrogen-bond donors (Lipinski definition) is 2. The SMILES string of the molecule is CC1CC1NCc1ncc[nH]1. The molecule has 1 aromatic rings. The van der Waals surface area contributed by atoms with Gasteiger partial charge < -0.3 is 10.3 Å². The molecule has 1 heterocycles. The van der Waals surface area contributed by atoms with Gasteiger partial charge in [0.15, 0.2) is 0 Å². The summed E-state index contributed by atoms with van der Waals surface area (Å²) in [5, 5.41) is 3.42. The number of H-pyrrole nitrogens is 1. The van der Waals surface area contributed by atoms with Crippen molar-refractivity contribution in [1.82, 2.24) is 15.3 Å². The first-order valence-corrected chi connectivity index (χ1v) is 4.08. The quantitative estimate of drug-likeness (QED) is 0.674. The zero-order valence-corrected chi connectivity index (χ0v) is 6.67. The van der Waals surface area contributed by atoms with Crippen LogP contribution in [0.25, 0.3) is 0 Å². The van der Waals surface area contributed by atoms with Gasteiger partial charge in [-0.05, 0) is 12.3 Å². The highest BCUT2D eigenvalue weighted by molar-refractivity contribution is 4.93. The molecule has 0 spiro atoms. The summed E-state index contributed by atoms with van der Waals surface area (Å²) < 4.78 is 0. The van der Waals surface area contributed by atoms with E-state index in [1.807, 2.05) is 6.20 Å². The van der Waals surface area contributed by atoms with Crippen LogP contribution in [0.2, 0.25) is 0 Å². The van der Waals surface area contributed by atoms with Crippen molar-refractivity contribution in [2.45, 2.75) is 25.9 Å². The molecule has 2 atom stereocenters. The Bertz CT molecular complexity index is 217. The van der Waals surface area contributed by atoms with Gasteiger partial charge in [0.2, 0.25) is 0 Å².